The van der Waals surface area contributed by atoms with Crippen molar-refractivity contribution < 1.29 is 4.79 Å². The molecule has 2 aliphatic rings. The first-order chi connectivity index (χ1) is 7.75. The molecule has 2 heterocycles. The third-order valence-corrected chi connectivity index (χ3v) is 3.88. The van der Waals surface area contributed by atoms with E-state index in [0.717, 1.165) is 32.5 Å². The molecule has 4 heteroatoms. The minimum absolute atomic E-state index is 0.115. The number of nitrogens with zero attached hydrogens (tertiary/aromatic N) is 1. The van der Waals surface area contributed by atoms with E-state index in [4.69, 9.17) is 5.73 Å². The Morgan fingerprint density at radius 1 is 1.25 bits per heavy atom. The third-order valence-electron chi connectivity index (χ3n) is 3.88. The van der Waals surface area contributed by atoms with Gasteiger partial charge in [-0.15, -0.1) is 0 Å². The first-order valence-electron chi connectivity index (χ1n) is 6.51. The van der Waals surface area contributed by atoms with E-state index in [0.29, 0.717) is 6.04 Å². The number of carbonyl (C=O) groups excluding carboxylic acids is 1. The molecule has 2 fully saturated rings. The minimum Gasteiger partial charge on any atom is -0.369 e. The zero-order valence-corrected chi connectivity index (χ0v) is 9.95. The SMILES string of the molecule is NC(=O)C1CCN(CC2CCCCN2)CC1. The third kappa shape index (κ3) is 3.19. The van der Waals surface area contributed by atoms with E-state index in [1.54, 1.807) is 0 Å². The Bertz CT molecular complexity index is 230. The molecule has 0 bridgehead atoms. The number of piperidine rings is 2. The standard InChI is InChI=1S/C12H23N3O/c13-12(16)10-4-7-15(8-5-10)9-11-3-1-2-6-14-11/h10-11,14H,1-9H2,(H2,13,16). The van der Waals surface area contributed by atoms with E-state index >= 15 is 0 Å². The number of hydrogen-bond acceptors (Lipinski definition) is 3. The molecule has 0 saturated carbocycles. The van der Waals surface area contributed by atoms with Crippen LogP contribution in [0.4, 0.5) is 0 Å². The number of primary amides is 1. The highest BCUT2D eigenvalue weighted by Crippen LogP contribution is 2.18. The summed E-state index contributed by atoms with van der Waals surface area (Å²) >= 11 is 0. The Balaban J connectivity index is 1.70. The van der Waals surface area contributed by atoms with Crippen LogP contribution in [0.2, 0.25) is 0 Å². The summed E-state index contributed by atoms with van der Waals surface area (Å²) in [6.07, 6.45) is 5.87. The molecule has 2 rings (SSSR count). The van der Waals surface area contributed by atoms with Crippen LogP contribution in [-0.4, -0.2) is 43.0 Å². The van der Waals surface area contributed by atoms with Gasteiger partial charge in [0.25, 0.3) is 0 Å². The number of amides is 1. The summed E-state index contributed by atoms with van der Waals surface area (Å²) < 4.78 is 0. The van der Waals surface area contributed by atoms with Crippen molar-refractivity contribution in [3.63, 3.8) is 0 Å². The lowest BCUT2D eigenvalue weighted by molar-refractivity contribution is -0.123. The highest BCUT2D eigenvalue weighted by atomic mass is 16.1. The second-order valence-electron chi connectivity index (χ2n) is 5.12. The molecule has 1 unspecified atom stereocenters. The van der Waals surface area contributed by atoms with Gasteiger partial charge in [0.15, 0.2) is 0 Å². The summed E-state index contributed by atoms with van der Waals surface area (Å²) in [5.74, 6) is 0.00556. The van der Waals surface area contributed by atoms with Gasteiger partial charge >= 0.3 is 0 Å². The minimum atomic E-state index is -0.115. The molecule has 0 aromatic heterocycles. The van der Waals surface area contributed by atoms with Crippen molar-refractivity contribution in [1.82, 2.24) is 10.2 Å². The Labute approximate surface area is 97.6 Å². The van der Waals surface area contributed by atoms with E-state index < -0.39 is 0 Å². The van der Waals surface area contributed by atoms with Crippen molar-refractivity contribution in [2.45, 2.75) is 38.1 Å². The molecule has 4 nitrogen and oxygen atoms in total. The Kier molecular flexibility index (Phi) is 4.18. The molecule has 0 aromatic carbocycles. The van der Waals surface area contributed by atoms with Crippen LogP contribution in [0, 0.1) is 5.92 Å². The van der Waals surface area contributed by atoms with E-state index in [1.165, 1.54) is 25.8 Å². The summed E-state index contributed by atoms with van der Waals surface area (Å²) in [5, 5.41) is 3.57. The molecule has 92 valence electrons. The van der Waals surface area contributed by atoms with Gasteiger partial charge in [0.05, 0.1) is 0 Å². The van der Waals surface area contributed by atoms with Crippen molar-refractivity contribution in [2.24, 2.45) is 11.7 Å². The molecular weight excluding hydrogens is 202 g/mol. The largest absolute Gasteiger partial charge is 0.369 e. The fourth-order valence-electron chi connectivity index (χ4n) is 2.79. The Morgan fingerprint density at radius 2 is 2.00 bits per heavy atom. The Hall–Kier alpha value is -0.610. The predicted molar refractivity (Wildman–Crippen MR) is 64.0 cm³/mol. The zero-order chi connectivity index (χ0) is 11.4. The molecule has 2 aliphatic heterocycles. The molecule has 0 radical (unpaired) electrons. The van der Waals surface area contributed by atoms with E-state index in [9.17, 15) is 4.79 Å². The van der Waals surface area contributed by atoms with Gasteiger partial charge in [0.2, 0.25) is 5.91 Å². The summed E-state index contributed by atoms with van der Waals surface area (Å²) in [4.78, 5) is 13.5. The lowest BCUT2D eigenvalue weighted by Crippen LogP contribution is -2.47. The normalized spacial score (nSPS) is 29.1. The maximum absolute atomic E-state index is 11.0. The maximum atomic E-state index is 11.0. The number of carbonyl (C=O) groups is 1. The summed E-state index contributed by atoms with van der Waals surface area (Å²) in [6, 6.07) is 0.666. The lowest BCUT2D eigenvalue weighted by atomic mass is 9.95. The average molecular weight is 225 g/mol. The highest BCUT2D eigenvalue weighted by molar-refractivity contribution is 5.76. The topological polar surface area (TPSA) is 58.4 Å². The van der Waals surface area contributed by atoms with Gasteiger partial charge in [0, 0.05) is 18.5 Å². The molecule has 0 spiro atoms. The number of nitrogens with two attached hydrogens (primary N) is 1. The van der Waals surface area contributed by atoms with Crippen LogP contribution < -0.4 is 11.1 Å². The van der Waals surface area contributed by atoms with Gasteiger partial charge in [-0.3, -0.25) is 4.79 Å². The van der Waals surface area contributed by atoms with Crippen LogP contribution in [0.1, 0.15) is 32.1 Å². The number of likely N-dealkylation sites (tertiary alicyclic amines) is 1. The van der Waals surface area contributed by atoms with Gasteiger partial charge in [-0.05, 0) is 45.3 Å². The lowest BCUT2D eigenvalue weighted by Gasteiger charge is -2.34. The van der Waals surface area contributed by atoms with Gasteiger partial charge in [-0.1, -0.05) is 6.42 Å². The summed E-state index contributed by atoms with van der Waals surface area (Å²) in [6.45, 7) is 4.38. The zero-order valence-electron chi connectivity index (χ0n) is 9.95. The fourth-order valence-corrected chi connectivity index (χ4v) is 2.79. The van der Waals surface area contributed by atoms with Crippen molar-refractivity contribution in [1.29, 1.82) is 0 Å². The number of nitrogens with one attached hydrogen (secondary N) is 1. The monoisotopic (exact) mass is 225 g/mol. The molecule has 2 saturated heterocycles. The van der Waals surface area contributed by atoms with E-state index in [1.807, 2.05) is 0 Å². The van der Waals surface area contributed by atoms with Gasteiger partial charge in [-0.25, -0.2) is 0 Å². The van der Waals surface area contributed by atoms with Crippen LogP contribution in [0.15, 0.2) is 0 Å². The average Bonchev–Trinajstić information content (AvgIpc) is 2.31. The predicted octanol–water partition coefficient (Wildman–Crippen LogP) is 0.326. The summed E-state index contributed by atoms with van der Waals surface area (Å²) in [5.41, 5.74) is 5.33. The number of hydrogen-bond donors (Lipinski definition) is 2. The molecular formula is C12H23N3O. The first-order valence-corrected chi connectivity index (χ1v) is 6.51. The molecule has 1 amide bonds. The molecule has 3 N–H and O–H groups in total. The first kappa shape index (κ1) is 11.9. The van der Waals surface area contributed by atoms with Crippen molar-refractivity contribution >= 4 is 5.91 Å². The van der Waals surface area contributed by atoms with Crippen LogP contribution in [0.25, 0.3) is 0 Å². The van der Waals surface area contributed by atoms with Crippen molar-refractivity contribution in [3.05, 3.63) is 0 Å². The molecule has 1 atom stereocenters. The van der Waals surface area contributed by atoms with Gasteiger partial charge in [-0.2, -0.15) is 0 Å². The van der Waals surface area contributed by atoms with Gasteiger partial charge in [0.1, 0.15) is 0 Å². The van der Waals surface area contributed by atoms with Crippen molar-refractivity contribution in [2.75, 3.05) is 26.2 Å². The second-order valence-corrected chi connectivity index (χ2v) is 5.12. The second kappa shape index (κ2) is 5.64. The smallest absolute Gasteiger partial charge is 0.220 e. The van der Waals surface area contributed by atoms with Crippen molar-refractivity contribution in [3.8, 4) is 0 Å². The highest BCUT2D eigenvalue weighted by Gasteiger charge is 2.24. The van der Waals surface area contributed by atoms with Gasteiger partial charge < -0.3 is 16.0 Å². The fraction of sp³-hybridized carbons (Fsp3) is 0.917. The quantitative estimate of drug-likeness (QED) is 0.727. The van der Waals surface area contributed by atoms with Crippen LogP contribution in [0.3, 0.4) is 0 Å². The molecule has 0 aromatic rings. The summed E-state index contributed by atoms with van der Waals surface area (Å²) in [7, 11) is 0. The molecule has 16 heavy (non-hydrogen) atoms. The van der Waals surface area contributed by atoms with E-state index in [-0.39, 0.29) is 11.8 Å². The van der Waals surface area contributed by atoms with E-state index in [2.05, 4.69) is 10.2 Å². The van der Waals surface area contributed by atoms with Crippen LogP contribution >= 0.6 is 0 Å². The Morgan fingerprint density at radius 3 is 2.56 bits per heavy atom. The molecule has 0 aliphatic carbocycles. The van der Waals surface area contributed by atoms with Crippen LogP contribution in [-0.2, 0) is 4.79 Å². The van der Waals surface area contributed by atoms with Crippen LogP contribution in [0.5, 0.6) is 0 Å². The number of rotatable bonds is 3. The maximum Gasteiger partial charge on any atom is 0.220 e.